The van der Waals surface area contributed by atoms with E-state index in [1.54, 1.807) is 48.5 Å². The summed E-state index contributed by atoms with van der Waals surface area (Å²) < 4.78 is 20.4. The average Bonchev–Trinajstić information content (AvgIpc) is 3.19. The molecule has 2 aliphatic heterocycles. The summed E-state index contributed by atoms with van der Waals surface area (Å²) in [5.74, 6) is -1.26. The van der Waals surface area contributed by atoms with Gasteiger partial charge < -0.3 is 9.64 Å². The lowest BCUT2D eigenvalue weighted by atomic mass is 9.69. The summed E-state index contributed by atoms with van der Waals surface area (Å²) in [5, 5.41) is 20.8. The van der Waals surface area contributed by atoms with Crippen molar-refractivity contribution < 1.29 is 13.9 Å². The van der Waals surface area contributed by atoms with Gasteiger partial charge in [0.05, 0.1) is 25.3 Å². The van der Waals surface area contributed by atoms with Gasteiger partial charge in [0.1, 0.15) is 17.6 Å². The highest BCUT2D eigenvalue weighted by Gasteiger charge is 2.63. The molecule has 2 heterocycles. The third kappa shape index (κ3) is 3.00. The summed E-state index contributed by atoms with van der Waals surface area (Å²) in [5.41, 5.74) is 0.488. The number of nitrogens with zero attached hydrogens (tertiary/aromatic N) is 3. The molecule has 3 atom stereocenters. The molecule has 0 radical (unpaired) electrons. The Morgan fingerprint density at radius 3 is 2.35 bits per heavy atom. The molecule has 0 bridgehead atoms. The van der Waals surface area contributed by atoms with Crippen LogP contribution < -0.4 is 9.64 Å². The molecule has 6 heteroatoms. The van der Waals surface area contributed by atoms with Crippen LogP contribution in [0.5, 0.6) is 5.75 Å². The van der Waals surface area contributed by atoms with Crippen molar-refractivity contribution in [3.05, 3.63) is 101 Å². The summed E-state index contributed by atoms with van der Waals surface area (Å²) in [7, 11) is 1.54. The zero-order chi connectivity index (χ0) is 23.9. The largest absolute Gasteiger partial charge is 0.497 e. The molecule has 34 heavy (non-hydrogen) atoms. The van der Waals surface area contributed by atoms with Crippen LogP contribution in [-0.2, 0) is 0 Å². The Labute approximate surface area is 196 Å². The van der Waals surface area contributed by atoms with Crippen molar-refractivity contribution in [2.24, 2.45) is 5.41 Å². The van der Waals surface area contributed by atoms with E-state index in [1.807, 2.05) is 35.2 Å². The Balaban J connectivity index is 1.78. The van der Waals surface area contributed by atoms with Gasteiger partial charge in [-0.1, -0.05) is 48.6 Å². The first kappa shape index (κ1) is 21.4. The number of para-hydroxylation sites is 1. The maximum absolute atomic E-state index is 15.2. The van der Waals surface area contributed by atoms with Crippen LogP contribution in [0.25, 0.3) is 6.08 Å². The van der Waals surface area contributed by atoms with Crippen molar-refractivity contribution in [3.63, 3.8) is 0 Å². The maximum Gasteiger partial charge on any atom is 0.185 e. The van der Waals surface area contributed by atoms with Crippen molar-refractivity contribution in [3.8, 4) is 17.9 Å². The van der Waals surface area contributed by atoms with Gasteiger partial charge in [-0.05, 0) is 47.5 Å². The number of methoxy groups -OCH3 is 1. The molecule has 0 saturated carbocycles. The standard InChI is InChI=1S/C28H20FN3O2/c1-34-20-13-10-19(11-14-20)27(33)26-25(21-7-3-4-8-22(21)29)28(16-30,17-31)24-15-12-18-6-2-5-9-23(18)32(24)26/h2-15,24-26H,1H3/t24-,25+,26+/m1/s1. The average molecular weight is 449 g/mol. The van der Waals surface area contributed by atoms with Crippen molar-refractivity contribution in [2.75, 3.05) is 12.0 Å². The van der Waals surface area contributed by atoms with E-state index in [0.717, 1.165) is 11.3 Å². The van der Waals surface area contributed by atoms with E-state index in [2.05, 4.69) is 12.1 Å². The number of halogens is 1. The number of carbonyl (C=O) groups is 1. The molecule has 0 unspecified atom stereocenters. The van der Waals surface area contributed by atoms with Crippen LogP contribution in [-0.4, -0.2) is 25.0 Å². The molecule has 0 N–H and O–H groups in total. The molecule has 0 aliphatic carbocycles. The van der Waals surface area contributed by atoms with Gasteiger partial charge in [0.25, 0.3) is 0 Å². The van der Waals surface area contributed by atoms with Crippen LogP contribution in [0.1, 0.15) is 27.4 Å². The summed E-state index contributed by atoms with van der Waals surface area (Å²) in [4.78, 5) is 15.9. The number of fused-ring (bicyclic) bond motifs is 3. The van der Waals surface area contributed by atoms with Gasteiger partial charge in [-0.25, -0.2) is 4.39 Å². The first-order valence-electron chi connectivity index (χ1n) is 10.9. The Morgan fingerprint density at radius 2 is 1.68 bits per heavy atom. The summed E-state index contributed by atoms with van der Waals surface area (Å²) in [6, 6.07) is 22.9. The van der Waals surface area contributed by atoms with E-state index in [9.17, 15) is 15.3 Å². The first-order chi connectivity index (χ1) is 16.6. The highest BCUT2D eigenvalue weighted by Crippen LogP contribution is 2.55. The van der Waals surface area contributed by atoms with Gasteiger partial charge in [-0.15, -0.1) is 0 Å². The number of anilines is 1. The van der Waals surface area contributed by atoms with E-state index < -0.39 is 29.2 Å². The molecule has 166 valence electrons. The van der Waals surface area contributed by atoms with Gasteiger partial charge in [-0.2, -0.15) is 10.5 Å². The normalized spacial score (nSPS) is 21.6. The van der Waals surface area contributed by atoms with Crippen molar-refractivity contribution in [1.29, 1.82) is 10.5 Å². The minimum absolute atomic E-state index is 0.178. The van der Waals surface area contributed by atoms with Gasteiger partial charge in [0.2, 0.25) is 0 Å². The lowest BCUT2D eigenvalue weighted by Gasteiger charge is -2.35. The molecule has 1 fully saturated rings. The van der Waals surface area contributed by atoms with Gasteiger partial charge in [-0.3, -0.25) is 4.79 Å². The van der Waals surface area contributed by atoms with Crippen molar-refractivity contribution >= 4 is 17.5 Å². The molecule has 0 aromatic heterocycles. The SMILES string of the molecule is COc1ccc(C(=O)[C@@H]2[C@H](c3ccccc3F)C(C#N)(C#N)[C@H]3C=Cc4ccccc4N23)cc1. The van der Waals surface area contributed by atoms with E-state index >= 15 is 4.39 Å². The number of nitriles is 2. The number of hydrogen-bond acceptors (Lipinski definition) is 5. The summed E-state index contributed by atoms with van der Waals surface area (Å²) in [6.45, 7) is 0. The van der Waals surface area contributed by atoms with Crippen LogP contribution in [0.2, 0.25) is 0 Å². The molecule has 0 spiro atoms. The van der Waals surface area contributed by atoms with E-state index in [0.29, 0.717) is 11.3 Å². The fraction of sp³-hybridized carbons (Fsp3) is 0.179. The molecule has 1 saturated heterocycles. The van der Waals surface area contributed by atoms with Gasteiger partial charge >= 0.3 is 0 Å². The summed E-state index contributed by atoms with van der Waals surface area (Å²) in [6.07, 6.45) is 3.64. The predicted molar refractivity (Wildman–Crippen MR) is 126 cm³/mol. The summed E-state index contributed by atoms with van der Waals surface area (Å²) >= 11 is 0. The molecule has 0 amide bonds. The number of Topliss-reactive ketones (excluding diaryl/α,β-unsaturated/α-hetero) is 1. The Bertz CT molecular complexity index is 1370. The molecule has 5 rings (SSSR count). The Hall–Kier alpha value is -4.42. The zero-order valence-corrected chi connectivity index (χ0v) is 18.4. The zero-order valence-electron chi connectivity index (χ0n) is 18.4. The Kier molecular flexibility index (Phi) is 5.15. The Morgan fingerprint density at radius 1 is 1.00 bits per heavy atom. The third-order valence-electron chi connectivity index (χ3n) is 6.80. The molecule has 2 aliphatic rings. The molecule has 3 aromatic rings. The van der Waals surface area contributed by atoms with Crippen LogP contribution in [0.15, 0.2) is 78.9 Å². The molecular formula is C28H20FN3O2. The maximum atomic E-state index is 15.2. The third-order valence-corrected chi connectivity index (χ3v) is 6.80. The van der Waals surface area contributed by atoms with E-state index in [-0.39, 0.29) is 11.3 Å². The lowest BCUT2D eigenvalue weighted by Crippen LogP contribution is -2.44. The monoisotopic (exact) mass is 449 g/mol. The topological polar surface area (TPSA) is 77.1 Å². The number of rotatable bonds is 4. The second kappa shape index (κ2) is 8.17. The van der Waals surface area contributed by atoms with Crippen molar-refractivity contribution in [2.45, 2.75) is 18.0 Å². The number of benzene rings is 3. The first-order valence-corrected chi connectivity index (χ1v) is 10.9. The van der Waals surface area contributed by atoms with E-state index in [4.69, 9.17) is 4.74 Å². The smallest absolute Gasteiger partial charge is 0.185 e. The highest BCUT2D eigenvalue weighted by atomic mass is 19.1. The lowest BCUT2D eigenvalue weighted by molar-refractivity contribution is 0.0950. The minimum atomic E-state index is -1.68. The van der Waals surface area contributed by atoms with Gasteiger partial charge in [0.15, 0.2) is 11.2 Å². The molecule has 3 aromatic carbocycles. The van der Waals surface area contributed by atoms with Crippen LogP contribution in [0, 0.1) is 33.9 Å². The van der Waals surface area contributed by atoms with Gasteiger partial charge in [0, 0.05) is 17.2 Å². The van der Waals surface area contributed by atoms with Crippen LogP contribution in [0.3, 0.4) is 0 Å². The number of carbonyl (C=O) groups excluding carboxylic acids is 1. The predicted octanol–water partition coefficient (Wildman–Crippen LogP) is 5.12. The minimum Gasteiger partial charge on any atom is -0.497 e. The quantitative estimate of drug-likeness (QED) is 0.517. The van der Waals surface area contributed by atoms with Crippen LogP contribution >= 0.6 is 0 Å². The second-order valence-corrected chi connectivity index (χ2v) is 8.40. The number of ketones is 1. The second-order valence-electron chi connectivity index (χ2n) is 8.40. The fourth-order valence-corrected chi connectivity index (χ4v) is 5.23. The number of ether oxygens (including phenoxy) is 1. The fourth-order valence-electron chi connectivity index (χ4n) is 5.23. The molecule has 5 nitrogen and oxygen atoms in total. The molecular weight excluding hydrogens is 429 g/mol. The van der Waals surface area contributed by atoms with Crippen molar-refractivity contribution in [1.82, 2.24) is 0 Å². The highest BCUT2D eigenvalue weighted by molar-refractivity contribution is 6.04. The van der Waals surface area contributed by atoms with Crippen LogP contribution in [0.4, 0.5) is 10.1 Å². The number of hydrogen-bond donors (Lipinski definition) is 0. The van der Waals surface area contributed by atoms with E-state index in [1.165, 1.54) is 13.2 Å².